The van der Waals surface area contributed by atoms with Gasteiger partial charge in [0.25, 0.3) is 5.56 Å². The molecule has 0 spiro atoms. The maximum Gasteiger partial charge on any atom is 0.260 e. The molecule has 0 aliphatic heterocycles. The highest BCUT2D eigenvalue weighted by atomic mass is 35.5. The quantitative estimate of drug-likeness (QED) is 0.260. The molecule has 216 valence electrons. The van der Waals surface area contributed by atoms with Crippen molar-refractivity contribution in [3.05, 3.63) is 38.7 Å². The first-order valence-corrected chi connectivity index (χ1v) is 14.2. The van der Waals surface area contributed by atoms with Crippen molar-refractivity contribution < 1.29 is 14.3 Å². The Hall–Kier alpha value is -3.08. The maximum atomic E-state index is 14.1. The van der Waals surface area contributed by atoms with Crippen molar-refractivity contribution in [3.63, 3.8) is 0 Å². The maximum absolute atomic E-state index is 14.1. The number of nitrogens with zero attached hydrogens (tertiary/aromatic N) is 5. The van der Waals surface area contributed by atoms with Crippen molar-refractivity contribution in [2.45, 2.75) is 32.7 Å². The number of aromatic nitrogens is 3. The van der Waals surface area contributed by atoms with Crippen LogP contribution >= 0.6 is 23.2 Å². The van der Waals surface area contributed by atoms with Crippen LogP contribution in [0.3, 0.4) is 0 Å². The number of methoxy groups -OCH3 is 2. The van der Waals surface area contributed by atoms with Gasteiger partial charge in [0, 0.05) is 56.4 Å². The predicted molar refractivity (Wildman–Crippen MR) is 159 cm³/mol. The van der Waals surface area contributed by atoms with Gasteiger partial charge in [-0.2, -0.15) is 4.98 Å². The molecule has 0 bridgehead atoms. The van der Waals surface area contributed by atoms with Crippen molar-refractivity contribution in [1.82, 2.24) is 24.3 Å². The third-order valence-corrected chi connectivity index (χ3v) is 7.92. The van der Waals surface area contributed by atoms with Gasteiger partial charge < -0.3 is 24.6 Å². The van der Waals surface area contributed by atoms with Crippen LogP contribution in [0.15, 0.2) is 23.1 Å². The molecule has 10 nitrogen and oxygen atoms in total. The Morgan fingerprint density at radius 1 is 1.12 bits per heavy atom. The Labute approximate surface area is 244 Å². The van der Waals surface area contributed by atoms with E-state index in [1.165, 1.54) is 27.1 Å². The summed E-state index contributed by atoms with van der Waals surface area (Å²) in [5, 5.41) is 4.42. The molecule has 1 aromatic carbocycles. The first-order valence-electron chi connectivity index (χ1n) is 13.4. The summed E-state index contributed by atoms with van der Waals surface area (Å²) in [7, 11) is 4.75. The van der Waals surface area contributed by atoms with Crippen LogP contribution in [0.25, 0.3) is 22.2 Å². The zero-order valence-corrected chi connectivity index (χ0v) is 24.9. The molecule has 0 radical (unpaired) electrons. The minimum Gasteiger partial charge on any atom is -0.495 e. The van der Waals surface area contributed by atoms with Crippen LogP contribution in [-0.2, 0) is 11.3 Å². The largest absolute Gasteiger partial charge is 0.495 e. The van der Waals surface area contributed by atoms with Gasteiger partial charge in [-0.1, -0.05) is 30.1 Å². The van der Waals surface area contributed by atoms with E-state index in [0.717, 1.165) is 32.6 Å². The summed E-state index contributed by atoms with van der Waals surface area (Å²) < 4.78 is 12.5. The van der Waals surface area contributed by atoms with E-state index in [1.807, 2.05) is 0 Å². The number of carbonyl (C=O) groups excluding carboxylic acids is 1. The molecular weight excluding hydrogens is 555 g/mol. The Morgan fingerprint density at radius 2 is 1.82 bits per heavy atom. The zero-order valence-electron chi connectivity index (χ0n) is 23.4. The SMILES string of the molecule is CCN(CCCn1c(=O)c(-c2c(Cl)c(OC)cc(OC)c2Cl)cc2cnc(NCC3CC3)nc21)CCN(C)C=O. The second-order valence-corrected chi connectivity index (χ2v) is 10.7. The third kappa shape index (κ3) is 6.79. The number of fused-ring (bicyclic) bond motifs is 1. The molecule has 4 rings (SSSR count). The smallest absolute Gasteiger partial charge is 0.260 e. The number of anilines is 1. The molecule has 3 aromatic rings. The Balaban J connectivity index is 1.75. The fourth-order valence-electron chi connectivity index (χ4n) is 4.54. The van der Waals surface area contributed by atoms with Gasteiger partial charge in [0.2, 0.25) is 12.4 Å². The zero-order chi connectivity index (χ0) is 28.8. The van der Waals surface area contributed by atoms with Crippen LogP contribution in [0, 0.1) is 5.92 Å². The molecule has 1 aliphatic carbocycles. The molecule has 1 amide bonds. The molecule has 1 N–H and O–H groups in total. The average Bonchev–Trinajstić information content (AvgIpc) is 3.80. The Kier molecular flexibility index (Phi) is 10.1. The summed E-state index contributed by atoms with van der Waals surface area (Å²) in [4.78, 5) is 38.2. The Bertz CT molecular complexity index is 1380. The lowest BCUT2D eigenvalue weighted by molar-refractivity contribution is -0.117. The van der Waals surface area contributed by atoms with Gasteiger partial charge in [-0.05, 0) is 44.3 Å². The molecule has 1 fully saturated rings. The van der Waals surface area contributed by atoms with Crippen LogP contribution in [0.2, 0.25) is 10.0 Å². The molecule has 1 aliphatic rings. The lowest BCUT2D eigenvalue weighted by Gasteiger charge is -2.23. The average molecular weight is 592 g/mol. The van der Waals surface area contributed by atoms with Crippen LogP contribution in [0.4, 0.5) is 5.95 Å². The number of pyridine rings is 1. The second-order valence-electron chi connectivity index (χ2n) is 9.97. The molecule has 2 heterocycles. The van der Waals surface area contributed by atoms with Gasteiger partial charge in [0.15, 0.2) is 0 Å². The summed E-state index contributed by atoms with van der Waals surface area (Å²) in [5.41, 5.74) is 0.903. The standard InChI is InChI=1S/C28H36Cl2N6O4/c1-5-35(12-11-34(2)17-37)9-6-10-36-26-19(16-32-28(33-26)31-15-18-7-8-18)13-20(27(36)38)23-24(29)21(39-3)14-22(40-4)25(23)30/h13-14,16-18H,5-12,15H2,1-4H3,(H,31,32,33). The van der Waals surface area contributed by atoms with Gasteiger partial charge in [0.1, 0.15) is 17.1 Å². The fourth-order valence-corrected chi connectivity index (χ4v) is 5.25. The fraction of sp³-hybridized carbons (Fsp3) is 0.500. The van der Waals surface area contributed by atoms with Crippen molar-refractivity contribution in [2.75, 3.05) is 59.3 Å². The summed E-state index contributed by atoms with van der Waals surface area (Å²) >= 11 is 13.4. The van der Waals surface area contributed by atoms with Crippen LogP contribution in [0.1, 0.15) is 26.2 Å². The summed E-state index contributed by atoms with van der Waals surface area (Å²) in [6.07, 6.45) is 5.63. The summed E-state index contributed by atoms with van der Waals surface area (Å²) in [6.45, 7) is 6.25. The lowest BCUT2D eigenvalue weighted by atomic mass is 10.0. The van der Waals surface area contributed by atoms with E-state index >= 15 is 0 Å². The first kappa shape index (κ1) is 29.9. The summed E-state index contributed by atoms with van der Waals surface area (Å²) in [6, 6.07) is 3.31. The number of amides is 1. The van der Waals surface area contributed by atoms with E-state index in [0.29, 0.717) is 65.0 Å². The van der Waals surface area contributed by atoms with E-state index in [-0.39, 0.29) is 15.6 Å². The number of hydrogen-bond acceptors (Lipinski definition) is 8. The van der Waals surface area contributed by atoms with E-state index in [9.17, 15) is 9.59 Å². The topological polar surface area (TPSA) is 102 Å². The molecule has 0 saturated heterocycles. The number of ether oxygens (including phenoxy) is 2. The normalized spacial score (nSPS) is 13.1. The number of carbonyl (C=O) groups is 1. The number of hydrogen-bond donors (Lipinski definition) is 1. The van der Waals surface area contributed by atoms with Gasteiger partial charge in [-0.3, -0.25) is 14.2 Å². The molecule has 2 aromatic heterocycles. The highest BCUT2D eigenvalue weighted by Gasteiger charge is 2.24. The number of nitrogens with one attached hydrogen (secondary N) is 1. The Morgan fingerprint density at radius 3 is 2.42 bits per heavy atom. The molecule has 1 saturated carbocycles. The van der Waals surface area contributed by atoms with Gasteiger partial charge in [-0.15, -0.1) is 0 Å². The summed E-state index contributed by atoms with van der Waals surface area (Å²) in [5.74, 6) is 1.83. The van der Waals surface area contributed by atoms with Crippen LogP contribution < -0.4 is 20.3 Å². The van der Waals surface area contributed by atoms with Crippen LogP contribution in [0.5, 0.6) is 11.5 Å². The van der Waals surface area contributed by atoms with Gasteiger partial charge >= 0.3 is 0 Å². The van der Waals surface area contributed by atoms with Crippen molar-refractivity contribution in [3.8, 4) is 22.6 Å². The van der Waals surface area contributed by atoms with Crippen molar-refractivity contribution in [1.29, 1.82) is 0 Å². The van der Waals surface area contributed by atoms with Crippen LogP contribution in [-0.4, -0.2) is 84.7 Å². The third-order valence-electron chi connectivity index (χ3n) is 7.17. The monoisotopic (exact) mass is 590 g/mol. The highest BCUT2D eigenvalue weighted by molar-refractivity contribution is 6.41. The van der Waals surface area contributed by atoms with E-state index in [1.54, 1.807) is 34.8 Å². The van der Waals surface area contributed by atoms with Crippen molar-refractivity contribution in [2.24, 2.45) is 5.92 Å². The number of likely N-dealkylation sites (N-methyl/N-ethyl adjacent to an activating group) is 2. The number of rotatable bonds is 15. The molecule has 40 heavy (non-hydrogen) atoms. The van der Waals surface area contributed by atoms with E-state index in [4.69, 9.17) is 37.7 Å². The van der Waals surface area contributed by atoms with Gasteiger partial charge in [-0.25, -0.2) is 4.98 Å². The predicted octanol–water partition coefficient (Wildman–Crippen LogP) is 4.40. The number of aryl methyl sites for hydroxylation is 1. The highest BCUT2D eigenvalue weighted by Crippen LogP contribution is 2.45. The minimum atomic E-state index is -0.276. The molecule has 12 heteroatoms. The van der Waals surface area contributed by atoms with Gasteiger partial charge in [0.05, 0.1) is 29.8 Å². The number of halogens is 2. The van der Waals surface area contributed by atoms with E-state index < -0.39 is 0 Å². The van der Waals surface area contributed by atoms with Crippen molar-refractivity contribution >= 4 is 46.6 Å². The van der Waals surface area contributed by atoms with E-state index in [2.05, 4.69) is 22.1 Å². The molecular formula is C28H36Cl2N6O4. The minimum absolute atomic E-state index is 0.219. The number of benzene rings is 1. The lowest BCUT2D eigenvalue weighted by Crippen LogP contribution is -2.34. The second kappa shape index (κ2) is 13.5. The molecule has 0 unspecified atom stereocenters. The first-order chi connectivity index (χ1) is 19.3. The molecule has 0 atom stereocenters.